The van der Waals surface area contributed by atoms with Crippen molar-refractivity contribution in [2.45, 2.75) is 43.5 Å². The Hall–Kier alpha value is -1.90. The van der Waals surface area contributed by atoms with Gasteiger partial charge in [-0.1, -0.05) is 18.9 Å². The second-order valence-corrected chi connectivity index (χ2v) is 9.44. The van der Waals surface area contributed by atoms with Crippen LogP contribution in [0, 0.1) is 6.92 Å². The first-order valence-corrected chi connectivity index (χ1v) is 11.4. The molecule has 1 fully saturated rings. The molecular weight excluding hydrogens is 444 g/mol. The number of hydrogen-bond donors (Lipinski definition) is 2. The first kappa shape index (κ1) is 20.8. The second kappa shape index (κ2) is 8.63. The van der Waals surface area contributed by atoms with Gasteiger partial charge in [-0.05, 0) is 71.6 Å². The average molecular weight is 467 g/mol. The molecule has 0 aliphatic heterocycles. The summed E-state index contributed by atoms with van der Waals surface area (Å²) in [5, 5.41) is 2.80. The Morgan fingerprint density at radius 3 is 2.50 bits per heavy atom. The molecule has 1 saturated carbocycles. The van der Waals surface area contributed by atoms with Crippen LogP contribution >= 0.6 is 15.9 Å². The molecule has 3 rings (SSSR count). The molecule has 0 saturated heterocycles. The van der Waals surface area contributed by atoms with Crippen molar-refractivity contribution in [3.8, 4) is 5.75 Å². The maximum absolute atomic E-state index is 12.9. The van der Waals surface area contributed by atoms with Crippen molar-refractivity contribution in [2.75, 3.05) is 12.4 Å². The molecule has 1 aliphatic rings. The molecule has 2 aromatic rings. The summed E-state index contributed by atoms with van der Waals surface area (Å²) in [5.41, 5.74) is 1.90. The molecule has 8 heteroatoms. The van der Waals surface area contributed by atoms with Crippen LogP contribution in [0.4, 0.5) is 5.69 Å². The number of methoxy groups -OCH3 is 1. The number of anilines is 1. The third kappa shape index (κ3) is 4.74. The van der Waals surface area contributed by atoms with E-state index < -0.39 is 15.9 Å². The van der Waals surface area contributed by atoms with Crippen molar-refractivity contribution in [2.24, 2.45) is 0 Å². The van der Waals surface area contributed by atoms with Gasteiger partial charge in [0.25, 0.3) is 5.91 Å². The van der Waals surface area contributed by atoms with Crippen molar-refractivity contribution < 1.29 is 17.9 Å². The van der Waals surface area contributed by atoms with E-state index in [1.54, 1.807) is 12.1 Å². The largest absolute Gasteiger partial charge is 0.495 e. The van der Waals surface area contributed by atoms with E-state index in [2.05, 4.69) is 26.0 Å². The van der Waals surface area contributed by atoms with Crippen LogP contribution in [0.2, 0.25) is 0 Å². The number of sulfonamides is 1. The summed E-state index contributed by atoms with van der Waals surface area (Å²) in [7, 11) is -2.38. The van der Waals surface area contributed by atoms with Gasteiger partial charge in [-0.2, -0.15) is 0 Å². The maximum atomic E-state index is 12.9. The molecule has 28 heavy (non-hydrogen) atoms. The quantitative estimate of drug-likeness (QED) is 0.666. The Kier molecular flexibility index (Phi) is 6.42. The lowest BCUT2D eigenvalue weighted by atomic mass is 10.2. The van der Waals surface area contributed by atoms with Crippen LogP contribution in [0.15, 0.2) is 45.8 Å². The van der Waals surface area contributed by atoms with Crippen molar-refractivity contribution in [1.29, 1.82) is 0 Å². The summed E-state index contributed by atoms with van der Waals surface area (Å²) in [4.78, 5) is 12.7. The molecule has 6 nitrogen and oxygen atoms in total. The van der Waals surface area contributed by atoms with Crippen LogP contribution in [0.1, 0.15) is 41.6 Å². The summed E-state index contributed by atoms with van der Waals surface area (Å²) in [5.74, 6) is -0.192. The van der Waals surface area contributed by atoms with Crippen LogP contribution in [0.5, 0.6) is 5.75 Å². The smallest absolute Gasteiger partial charge is 0.255 e. The van der Waals surface area contributed by atoms with Gasteiger partial charge in [0.2, 0.25) is 10.0 Å². The van der Waals surface area contributed by atoms with E-state index in [4.69, 9.17) is 4.74 Å². The van der Waals surface area contributed by atoms with Crippen molar-refractivity contribution in [3.05, 3.63) is 52.0 Å². The van der Waals surface area contributed by atoms with Gasteiger partial charge in [0, 0.05) is 16.1 Å². The second-order valence-electron chi connectivity index (χ2n) is 6.91. The molecular formula is C20H23BrN2O4S. The molecule has 2 aromatic carbocycles. The lowest BCUT2D eigenvalue weighted by Crippen LogP contribution is -2.33. The number of rotatable bonds is 6. The van der Waals surface area contributed by atoms with Crippen LogP contribution in [-0.4, -0.2) is 27.5 Å². The predicted octanol–water partition coefficient (Wildman–Crippen LogP) is 4.24. The fraction of sp³-hybridized carbons (Fsp3) is 0.350. The van der Waals surface area contributed by atoms with E-state index in [0.29, 0.717) is 5.69 Å². The normalized spacial score (nSPS) is 14.8. The van der Waals surface area contributed by atoms with Gasteiger partial charge >= 0.3 is 0 Å². The van der Waals surface area contributed by atoms with Gasteiger partial charge in [-0.25, -0.2) is 13.1 Å². The molecule has 0 bridgehead atoms. The number of amides is 1. The summed E-state index contributed by atoms with van der Waals surface area (Å²) >= 11 is 3.43. The number of ether oxygens (including phenoxy) is 1. The summed E-state index contributed by atoms with van der Waals surface area (Å²) in [6, 6.07) is 9.90. The lowest BCUT2D eigenvalue weighted by molar-refractivity contribution is 0.102. The molecule has 0 spiro atoms. The molecule has 150 valence electrons. The molecule has 0 aromatic heterocycles. The fourth-order valence-corrected chi connectivity index (χ4v) is 5.36. The monoisotopic (exact) mass is 466 g/mol. The first-order chi connectivity index (χ1) is 13.3. The van der Waals surface area contributed by atoms with Gasteiger partial charge in [-0.15, -0.1) is 0 Å². The highest BCUT2D eigenvalue weighted by molar-refractivity contribution is 9.10. The molecule has 0 radical (unpaired) electrons. The van der Waals surface area contributed by atoms with Crippen molar-refractivity contribution in [3.63, 3.8) is 0 Å². The van der Waals surface area contributed by atoms with E-state index in [1.165, 1.54) is 19.2 Å². The predicted molar refractivity (Wildman–Crippen MR) is 112 cm³/mol. The van der Waals surface area contributed by atoms with E-state index in [0.717, 1.165) is 35.7 Å². The summed E-state index contributed by atoms with van der Waals surface area (Å²) in [6.07, 6.45) is 3.67. The number of benzene rings is 2. The van der Waals surface area contributed by atoms with Crippen LogP contribution in [0.3, 0.4) is 0 Å². The van der Waals surface area contributed by atoms with Crippen molar-refractivity contribution >= 4 is 37.5 Å². The summed E-state index contributed by atoms with van der Waals surface area (Å²) < 4.78 is 34.4. The Morgan fingerprint density at radius 1 is 1.14 bits per heavy atom. The zero-order valence-electron chi connectivity index (χ0n) is 15.8. The van der Waals surface area contributed by atoms with E-state index in [-0.39, 0.29) is 22.3 Å². The van der Waals surface area contributed by atoms with Crippen molar-refractivity contribution in [1.82, 2.24) is 4.72 Å². The molecule has 0 unspecified atom stereocenters. The minimum absolute atomic E-state index is 0.0301. The van der Waals surface area contributed by atoms with Gasteiger partial charge in [0.15, 0.2) is 0 Å². The molecule has 0 heterocycles. The lowest BCUT2D eigenvalue weighted by Gasteiger charge is -2.16. The minimum Gasteiger partial charge on any atom is -0.495 e. The highest BCUT2D eigenvalue weighted by Gasteiger charge is 2.26. The number of carbonyl (C=O) groups excluding carboxylic acids is 1. The Bertz CT molecular complexity index is 986. The minimum atomic E-state index is -3.79. The van der Waals surface area contributed by atoms with Gasteiger partial charge in [0.1, 0.15) is 10.6 Å². The molecule has 0 atom stereocenters. The number of aryl methyl sites for hydroxylation is 1. The van der Waals surface area contributed by atoms with Crippen LogP contribution < -0.4 is 14.8 Å². The Labute approximate surface area is 173 Å². The summed E-state index contributed by atoms with van der Waals surface area (Å²) in [6.45, 7) is 1.95. The van der Waals surface area contributed by atoms with Crippen LogP contribution in [-0.2, 0) is 10.0 Å². The maximum Gasteiger partial charge on any atom is 0.255 e. The standard InChI is InChI=1S/C20H23BrN2O4S/c1-13-7-9-17(16(21)11-13)22-20(24)14-8-10-18(27-2)19(12-14)28(25,26)23-15-5-3-4-6-15/h7-12,15,23H,3-6H2,1-2H3,(H,22,24). The molecule has 1 amide bonds. The zero-order chi connectivity index (χ0) is 20.3. The topological polar surface area (TPSA) is 84.5 Å². The highest BCUT2D eigenvalue weighted by atomic mass is 79.9. The third-order valence-corrected chi connectivity index (χ3v) is 6.96. The Morgan fingerprint density at radius 2 is 1.86 bits per heavy atom. The van der Waals surface area contributed by atoms with E-state index in [9.17, 15) is 13.2 Å². The number of nitrogens with one attached hydrogen (secondary N) is 2. The number of carbonyl (C=O) groups is 1. The molecule has 2 N–H and O–H groups in total. The highest BCUT2D eigenvalue weighted by Crippen LogP contribution is 2.28. The average Bonchev–Trinajstić information content (AvgIpc) is 3.15. The van der Waals surface area contributed by atoms with Crippen LogP contribution in [0.25, 0.3) is 0 Å². The van der Waals surface area contributed by atoms with Gasteiger partial charge in [0.05, 0.1) is 12.8 Å². The number of halogens is 1. The third-order valence-electron chi connectivity index (χ3n) is 4.77. The van der Waals surface area contributed by atoms with E-state index >= 15 is 0 Å². The Balaban J connectivity index is 1.88. The van der Waals surface area contributed by atoms with Gasteiger partial charge in [-0.3, -0.25) is 4.79 Å². The molecule has 1 aliphatic carbocycles. The van der Waals surface area contributed by atoms with Gasteiger partial charge < -0.3 is 10.1 Å². The SMILES string of the molecule is COc1ccc(C(=O)Nc2ccc(C)cc2Br)cc1S(=O)(=O)NC1CCCC1. The zero-order valence-corrected chi connectivity index (χ0v) is 18.2. The number of hydrogen-bond acceptors (Lipinski definition) is 4. The van der Waals surface area contributed by atoms with E-state index in [1.807, 2.05) is 19.1 Å². The fourth-order valence-electron chi connectivity index (χ4n) is 3.27. The first-order valence-electron chi connectivity index (χ1n) is 9.08.